The summed E-state index contributed by atoms with van der Waals surface area (Å²) < 4.78 is 2.26. The van der Waals surface area contributed by atoms with Crippen LogP contribution in [0.2, 0.25) is 5.23 Å². The van der Waals surface area contributed by atoms with E-state index >= 15 is 0 Å². The summed E-state index contributed by atoms with van der Waals surface area (Å²) in [5.41, 5.74) is 2.38. The van der Waals surface area contributed by atoms with Crippen LogP contribution in [-0.4, -0.2) is 8.03 Å². The Kier molecular flexibility index (Phi) is 1.80. The number of para-hydroxylation sites is 2. The molecule has 54 valence electrons. The summed E-state index contributed by atoms with van der Waals surface area (Å²) in [6, 6.07) is 8.25. The Bertz CT molecular complexity index is 367. The zero-order valence-electron chi connectivity index (χ0n) is 6.28. The van der Waals surface area contributed by atoms with E-state index in [4.69, 9.17) is 0 Å². The van der Waals surface area contributed by atoms with E-state index in [2.05, 4.69) is 25.4 Å². The second-order valence-corrected chi connectivity index (χ2v) is 3.78. The minimum absolute atomic E-state index is 0.0221. The van der Waals surface area contributed by atoms with Gasteiger partial charge in [0.25, 0.3) is 0 Å². The molecule has 0 unspecified atom stereocenters. The summed E-state index contributed by atoms with van der Waals surface area (Å²) in [5.74, 6) is 0. The standard InChI is InChI=1S/C7H5N2.CH3.Ti/c1-2-4-7-6(3-1)8-5-9-7;;/h1-5H;1H3;/q-1;;+1. The van der Waals surface area contributed by atoms with E-state index in [1.165, 1.54) is 5.52 Å². The fourth-order valence-electron chi connectivity index (χ4n) is 1.14. The summed E-state index contributed by atoms with van der Waals surface area (Å²) in [7, 11) is 0. The van der Waals surface area contributed by atoms with Crippen molar-refractivity contribution in [3.8, 4) is 0 Å². The van der Waals surface area contributed by atoms with E-state index in [-0.39, 0.29) is 19.4 Å². The van der Waals surface area contributed by atoms with Crippen LogP contribution < -0.4 is 0 Å². The van der Waals surface area contributed by atoms with Crippen molar-refractivity contribution in [1.82, 2.24) is 8.03 Å². The monoisotopic (exact) mass is 180 g/mol. The number of nitrogens with zero attached hydrogens (tertiary/aromatic N) is 2. The maximum absolute atomic E-state index is 4.28. The van der Waals surface area contributed by atoms with Gasteiger partial charge in [0.05, 0.1) is 0 Å². The van der Waals surface area contributed by atoms with Crippen LogP contribution in [0.1, 0.15) is 0 Å². The number of rotatable bonds is 1. The summed E-state index contributed by atoms with van der Waals surface area (Å²) in [6.45, 7) is 0. The molecule has 0 fully saturated rings. The number of hydrogen-bond acceptors (Lipinski definition) is 1. The van der Waals surface area contributed by atoms with Gasteiger partial charge >= 0.3 is 74.3 Å². The molecular formula is C8H8N2Ti. The zero-order chi connectivity index (χ0) is 7.68. The molecule has 0 aliphatic carbocycles. The number of aromatic nitrogens is 2. The van der Waals surface area contributed by atoms with Crippen LogP contribution in [-0.2, 0) is 19.4 Å². The molecule has 1 aromatic heterocycles. The average molecular weight is 180 g/mol. The molecule has 0 aliphatic rings. The maximum atomic E-state index is 4.28. The van der Waals surface area contributed by atoms with Gasteiger partial charge in [-0.25, -0.2) is 0 Å². The SMILES string of the molecule is [CH3][Ti][n]1cnc2ccccc21. The Balaban J connectivity index is 2.76. The second-order valence-electron chi connectivity index (χ2n) is 2.33. The third-order valence-corrected chi connectivity index (χ3v) is 3.00. The van der Waals surface area contributed by atoms with Crippen LogP contribution in [0.25, 0.3) is 11.0 Å². The van der Waals surface area contributed by atoms with Gasteiger partial charge in [0.2, 0.25) is 0 Å². The van der Waals surface area contributed by atoms with Crippen molar-refractivity contribution >= 4 is 11.0 Å². The number of hydrogen-bond donors (Lipinski definition) is 0. The van der Waals surface area contributed by atoms with E-state index in [1.807, 2.05) is 18.5 Å². The summed E-state index contributed by atoms with van der Waals surface area (Å²) in [5, 5.41) is 2.24. The zero-order valence-corrected chi connectivity index (χ0v) is 7.84. The molecule has 2 aromatic rings. The molecule has 2 rings (SSSR count). The molecule has 0 radical (unpaired) electrons. The summed E-state index contributed by atoms with van der Waals surface area (Å²) >= 11 is -0.0221. The molecule has 2 nitrogen and oxygen atoms in total. The number of fused-ring (bicyclic) bond motifs is 1. The van der Waals surface area contributed by atoms with Gasteiger partial charge in [0, 0.05) is 0 Å². The van der Waals surface area contributed by atoms with Crippen LogP contribution >= 0.6 is 0 Å². The molecule has 0 bridgehead atoms. The van der Waals surface area contributed by atoms with E-state index in [0.717, 1.165) is 5.52 Å². The van der Waals surface area contributed by atoms with Gasteiger partial charge in [-0.3, -0.25) is 0 Å². The van der Waals surface area contributed by atoms with Crippen molar-refractivity contribution < 1.29 is 19.4 Å². The first-order valence-corrected chi connectivity index (χ1v) is 5.77. The van der Waals surface area contributed by atoms with Gasteiger partial charge in [0.15, 0.2) is 0 Å². The topological polar surface area (TPSA) is 17.8 Å². The van der Waals surface area contributed by atoms with Crippen LogP contribution in [0.4, 0.5) is 0 Å². The van der Waals surface area contributed by atoms with Gasteiger partial charge in [-0.15, -0.1) is 0 Å². The third kappa shape index (κ3) is 1.13. The third-order valence-electron chi connectivity index (χ3n) is 1.69. The van der Waals surface area contributed by atoms with Crippen molar-refractivity contribution in [3.05, 3.63) is 30.6 Å². The molecule has 0 amide bonds. The number of imidazole rings is 1. The molecule has 0 spiro atoms. The predicted molar refractivity (Wildman–Crippen MR) is 41.0 cm³/mol. The van der Waals surface area contributed by atoms with Crippen LogP contribution in [0, 0.1) is 0 Å². The van der Waals surface area contributed by atoms with Crippen molar-refractivity contribution in [1.29, 1.82) is 0 Å². The Labute approximate surface area is 74.5 Å². The Morgan fingerprint density at radius 3 is 3.00 bits per heavy atom. The Morgan fingerprint density at radius 1 is 1.36 bits per heavy atom. The average Bonchev–Trinajstić information content (AvgIpc) is 2.47. The molecular weight excluding hydrogens is 172 g/mol. The van der Waals surface area contributed by atoms with Gasteiger partial charge in [-0.2, -0.15) is 0 Å². The predicted octanol–water partition coefficient (Wildman–Crippen LogP) is 1.93. The quantitative estimate of drug-likeness (QED) is 0.613. The molecule has 11 heavy (non-hydrogen) atoms. The van der Waals surface area contributed by atoms with Crippen molar-refractivity contribution in [3.63, 3.8) is 0 Å². The van der Waals surface area contributed by atoms with Crippen molar-refractivity contribution in [2.24, 2.45) is 0 Å². The van der Waals surface area contributed by atoms with Crippen LogP contribution in [0.3, 0.4) is 0 Å². The normalized spacial score (nSPS) is 10.3. The van der Waals surface area contributed by atoms with Gasteiger partial charge in [-0.1, -0.05) is 0 Å². The molecule has 0 aliphatic heterocycles. The van der Waals surface area contributed by atoms with Gasteiger partial charge in [0.1, 0.15) is 0 Å². The summed E-state index contributed by atoms with van der Waals surface area (Å²) in [6.07, 6.45) is 1.94. The molecule has 0 atom stereocenters. The fourth-order valence-corrected chi connectivity index (χ4v) is 2.08. The fraction of sp³-hybridized carbons (Fsp3) is 0.125. The number of benzene rings is 1. The van der Waals surface area contributed by atoms with Crippen LogP contribution in [0.5, 0.6) is 0 Å². The first kappa shape index (κ1) is 7.08. The van der Waals surface area contributed by atoms with Gasteiger partial charge < -0.3 is 0 Å². The van der Waals surface area contributed by atoms with E-state index < -0.39 is 0 Å². The van der Waals surface area contributed by atoms with Crippen molar-refractivity contribution in [2.45, 2.75) is 5.23 Å². The molecule has 0 saturated carbocycles. The van der Waals surface area contributed by atoms with Gasteiger partial charge in [-0.05, 0) is 0 Å². The first-order valence-electron chi connectivity index (χ1n) is 3.51. The van der Waals surface area contributed by atoms with Crippen molar-refractivity contribution in [2.75, 3.05) is 0 Å². The van der Waals surface area contributed by atoms with E-state index in [0.29, 0.717) is 0 Å². The molecule has 0 saturated heterocycles. The summed E-state index contributed by atoms with van der Waals surface area (Å²) in [4.78, 5) is 4.28. The molecule has 1 heterocycles. The molecule has 1 aromatic carbocycles. The van der Waals surface area contributed by atoms with E-state index in [9.17, 15) is 0 Å². The Morgan fingerprint density at radius 2 is 2.18 bits per heavy atom. The second kappa shape index (κ2) is 2.80. The molecule has 3 heteroatoms. The first-order chi connectivity index (χ1) is 5.42. The van der Waals surface area contributed by atoms with Crippen LogP contribution in [0.15, 0.2) is 30.6 Å². The Hall–Kier alpha value is -0.596. The molecule has 0 N–H and O–H groups in total. The minimum atomic E-state index is -0.0221. The van der Waals surface area contributed by atoms with E-state index in [1.54, 1.807) is 0 Å².